The lowest BCUT2D eigenvalue weighted by atomic mass is 10.1. The van der Waals surface area contributed by atoms with Crippen molar-refractivity contribution in [3.8, 4) is 0 Å². The van der Waals surface area contributed by atoms with Crippen molar-refractivity contribution >= 4 is 39.9 Å². The fourth-order valence-electron chi connectivity index (χ4n) is 2.38. The zero-order valence-corrected chi connectivity index (χ0v) is 15.2. The van der Waals surface area contributed by atoms with E-state index in [-0.39, 0.29) is 5.91 Å². The molecule has 3 aromatic rings. The van der Waals surface area contributed by atoms with Crippen LogP contribution in [0.15, 0.2) is 10.7 Å². The van der Waals surface area contributed by atoms with Crippen molar-refractivity contribution in [3.63, 3.8) is 0 Å². The van der Waals surface area contributed by atoms with E-state index < -0.39 is 0 Å². The Kier molecular flexibility index (Phi) is 5.05. The Morgan fingerprint density at radius 1 is 1.38 bits per heavy atom. The minimum atomic E-state index is -0.0864. The molecule has 0 saturated heterocycles. The van der Waals surface area contributed by atoms with Gasteiger partial charge in [-0.15, -0.1) is 10.2 Å². The van der Waals surface area contributed by atoms with Crippen molar-refractivity contribution < 1.29 is 4.79 Å². The van der Waals surface area contributed by atoms with Gasteiger partial charge in [-0.05, 0) is 31.6 Å². The summed E-state index contributed by atoms with van der Waals surface area (Å²) in [5, 5.41) is 15.5. The number of nitrogens with one attached hydrogen (secondary N) is 1. The smallest absolute Gasteiger partial charge is 0.252 e. The summed E-state index contributed by atoms with van der Waals surface area (Å²) in [7, 11) is 0. The number of amides is 1. The summed E-state index contributed by atoms with van der Waals surface area (Å²) in [6.07, 6.45) is 2.41. The van der Waals surface area contributed by atoms with Crippen LogP contribution in [0, 0.1) is 13.8 Å². The van der Waals surface area contributed by atoms with E-state index in [9.17, 15) is 4.79 Å². The minimum absolute atomic E-state index is 0.0864. The second kappa shape index (κ2) is 7.22. The first-order valence-electron chi connectivity index (χ1n) is 7.50. The standard InChI is InChI=1S/C14H17N7OS2/c1-4-23-14-20-19-13(24-14)18-11(22)6-5-10-8(2)17-12-15-7-16-21(12)9(10)3/h7H,4-6H2,1-3H3,(H,18,19,22). The lowest BCUT2D eigenvalue weighted by Gasteiger charge is -2.09. The van der Waals surface area contributed by atoms with E-state index in [1.54, 1.807) is 16.3 Å². The van der Waals surface area contributed by atoms with E-state index in [1.165, 1.54) is 17.7 Å². The quantitative estimate of drug-likeness (QED) is 0.530. The maximum atomic E-state index is 12.2. The van der Waals surface area contributed by atoms with Gasteiger partial charge in [0, 0.05) is 17.8 Å². The number of carbonyl (C=O) groups is 1. The number of nitrogens with zero attached hydrogens (tertiary/aromatic N) is 6. The zero-order chi connectivity index (χ0) is 17.1. The first-order chi connectivity index (χ1) is 11.6. The average molecular weight is 363 g/mol. The van der Waals surface area contributed by atoms with E-state index in [1.807, 2.05) is 13.8 Å². The summed E-state index contributed by atoms with van der Waals surface area (Å²) in [5.41, 5.74) is 2.85. The molecule has 24 heavy (non-hydrogen) atoms. The van der Waals surface area contributed by atoms with Crippen molar-refractivity contribution in [3.05, 3.63) is 23.3 Å². The molecule has 0 aliphatic carbocycles. The molecule has 0 radical (unpaired) electrons. The van der Waals surface area contributed by atoms with E-state index >= 15 is 0 Å². The third kappa shape index (κ3) is 3.54. The van der Waals surface area contributed by atoms with Crippen LogP contribution in [0.3, 0.4) is 0 Å². The molecule has 0 bridgehead atoms. The van der Waals surface area contributed by atoms with Gasteiger partial charge in [0.15, 0.2) is 4.34 Å². The number of aromatic nitrogens is 6. The van der Waals surface area contributed by atoms with Crippen molar-refractivity contribution in [1.82, 2.24) is 29.8 Å². The molecule has 0 aliphatic rings. The number of hydrogen-bond donors (Lipinski definition) is 1. The first-order valence-corrected chi connectivity index (χ1v) is 9.30. The van der Waals surface area contributed by atoms with Crippen molar-refractivity contribution in [2.24, 2.45) is 0 Å². The Bertz CT molecular complexity index is 873. The van der Waals surface area contributed by atoms with Crippen LogP contribution < -0.4 is 5.32 Å². The Morgan fingerprint density at radius 3 is 3.00 bits per heavy atom. The number of thioether (sulfide) groups is 1. The molecule has 0 aromatic carbocycles. The summed E-state index contributed by atoms with van der Waals surface area (Å²) in [5.74, 6) is 1.42. The second-order valence-corrected chi connectivity index (χ2v) is 7.58. The Morgan fingerprint density at radius 2 is 2.21 bits per heavy atom. The zero-order valence-electron chi connectivity index (χ0n) is 13.6. The normalized spacial score (nSPS) is 11.1. The van der Waals surface area contributed by atoms with Gasteiger partial charge in [0.2, 0.25) is 11.0 Å². The predicted octanol–water partition coefficient (Wildman–Crippen LogP) is 2.28. The maximum absolute atomic E-state index is 12.2. The number of rotatable bonds is 6. The van der Waals surface area contributed by atoms with Gasteiger partial charge in [-0.2, -0.15) is 10.1 Å². The number of carbonyl (C=O) groups excluding carboxylic acids is 1. The third-order valence-electron chi connectivity index (χ3n) is 3.51. The highest BCUT2D eigenvalue weighted by atomic mass is 32.2. The number of anilines is 1. The molecular weight excluding hydrogens is 346 g/mol. The Balaban J connectivity index is 1.65. The van der Waals surface area contributed by atoms with Crippen LogP contribution in [-0.4, -0.2) is 41.4 Å². The number of aryl methyl sites for hydroxylation is 2. The van der Waals surface area contributed by atoms with E-state index in [4.69, 9.17) is 0 Å². The highest BCUT2D eigenvalue weighted by molar-refractivity contribution is 8.01. The van der Waals surface area contributed by atoms with Crippen LogP contribution in [0.5, 0.6) is 0 Å². The summed E-state index contributed by atoms with van der Waals surface area (Å²) in [6.45, 7) is 5.94. The molecule has 1 N–H and O–H groups in total. The average Bonchev–Trinajstić information content (AvgIpc) is 3.17. The summed E-state index contributed by atoms with van der Waals surface area (Å²) >= 11 is 3.00. The molecule has 0 unspecified atom stereocenters. The van der Waals surface area contributed by atoms with E-state index in [0.29, 0.717) is 23.8 Å². The van der Waals surface area contributed by atoms with Gasteiger partial charge >= 0.3 is 0 Å². The lowest BCUT2D eigenvalue weighted by molar-refractivity contribution is -0.116. The van der Waals surface area contributed by atoms with Crippen LogP contribution in [0.4, 0.5) is 5.13 Å². The van der Waals surface area contributed by atoms with Gasteiger partial charge in [0.1, 0.15) is 6.33 Å². The van der Waals surface area contributed by atoms with Gasteiger partial charge in [0.25, 0.3) is 5.78 Å². The number of hydrogen-bond acceptors (Lipinski definition) is 8. The van der Waals surface area contributed by atoms with E-state index in [2.05, 4.69) is 37.5 Å². The molecule has 3 aromatic heterocycles. The van der Waals surface area contributed by atoms with Crippen molar-refractivity contribution in [2.45, 2.75) is 38.0 Å². The van der Waals surface area contributed by atoms with Crippen molar-refractivity contribution in [2.75, 3.05) is 11.1 Å². The maximum Gasteiger partial charge on any atom is 0.252 e. The van der Waals surface area contributed by atoms with Crippen LogP contribution in [-0.2, 0) is 11.2 Å². The highest BCUT2D eigenvalue weighted by Crippen LogP contribution is 2.25. The van der Waals surface area contributed by atoms with Gasteiger partial charge in [0.05, 0.1) is 0 Å². The van der Waals surface area contributed by atoms with E-state index in [0.717, 1.165) is 27.0 Å². The molecule has 0 fully saturated rings. The molecule has 1 amide bonds. The second-order valence-electron chi connectivity index (χ2n) is 5.09. The molecule has 3 rings (SSSR count). The molecule has 3 heterocycles. The van der Waals surface area contributed by atoms with Crippen LogP contribution in [0.25, 0.3) is 5.78 Å². The van der Waals surface area contributed by atoms with Crippen molar-refractivity contribution in [1.29, 1.82) is 0 Å². The Labute approximate surface area is 147 Å². The number of fused-ring (bicyclic) bond motifs is 1. The SMILES string of the molecule is CCSc1nnc(NC(=O)CCc2c(C)nc3ncnn3c2C)s1. The summed E-state index contributed by atoms with van der Waals surface area (Å²) < 4.78 is 2.56. The van der Waals surface area contributed by atoms with Gasteiger partial charge in [-0.25, -0.2) is 9.50 Å². The molecule has 8 nitrogen and oxygen atoms in total. The predicted molar refractivity (Wildman–Crippen MR) is 93.5 cm³/mol. The summed E-state index contributed by atoms with van der Waals surface area (Å²) in [6, 6.07) is 0. The van der Waals surface area contributed by atoms with Crippen LogP contribution in [0.1, 0.15) is 30.3 Å². The Hall–Kier alpha value is -2.07. The molecule has 10 heteroatoms. The third-order valence-corrected chi connectivity index (χ3v) is 5.37. The largest absolute Gasteiger partial charge is 0.300 e. The fraction of sp³-hybridized carbons (Fsp3) is 0.429. The molecular formula is C14H17N7OS2. The van der Waals surface area contributed by atoms with Gasteiger partial charge < -0.3 is 5.32 Å². The molecule has 0 atom stereocenters. The van der Waals surface area contributed by atoms with Crippen LogP contribution >= 0.6 is 23.1 Å². The molecule has 126 valence electrons. The highest BCUT2D eigenvalue weighted by Gasteiger charge is 2.13. The first kappa shape index (κ1) is 16.8. The topological polar surface area (TPSA) is 98.0 Å². The van der Waals surface area contributed by atoms with Gasteiger partial charge in [-0.3, -0.25) is 4.79 Å². The minimum Gasteiger partial charge on any atom is -0.300 e. The molecule has 0 spiro atoms. The van der Waals surface area contributed by atoms with Gasteiger partial charge in [-0.1, -0.05) is 30.0 Å². The summed E-state index contributed by atoms with van der Waals surface area (Å²) in [4.78, 5) is 20.7. The monoisotopic (exact) mass is 363 g/mol. The molecule has 0 saturated carbocycles. The fourth-order valence-corrected chi connectivity index (χ4v) is 4.04. The van der Waals surface area contributed by atoms with Crippen LogP contribution in [0.2, 0.25) is 0 Å². The molecule has 0 aliphatic heterocycles. The lowest BCUT2D eigenvalue weighted by Crippen LogP contribution is -2.14.